The Kier molecular flexibility index (Phi) is 3.47. The summed E-state index contributed by atoms with van der Waals surface area (Å²) in [5.41, 5.74) is -1.16. The van der Waals surface area contributed by atoms with Gasteiger partial charge in [0, 0.05) is 18.9 Å². The molecule has 4 nitrogen and oxygen atoms in total. The van der Waals surface area contributed by atoms with E-state index in [1.807, 2.05) is 0 Å². The number of amides is 1. The summed E-state index contributed by atoms with van der Waals surface area (Å²) in [6.45, 7) is 0. The van der Waals surface area contributed by atoms with E-state index in [2.05, 4.69) is 10.3 Å². The highest BCUT2D eigenvalue weighted by atomic mass is 19.4. The van der Waals surface area contributed by atoms with E-state index in [0.717, 1.165) is 23.0 Å². The Labute approximate surface area is 111 Å². The number of carbonyl (C=O) groups excluding carboxylic acids is 1. The Morgan fingerprint density at radius 2 is 2.00 bits per heavy atom. The zero-order valence-electron chi connectivity index (χ0n) is 10.2. The Morgan fingerprint density at radius 3 is 2.60 bits per heavy atom. The van der Waals surface area contributed by atoms with Gasteiger partial charge in [0.05, 0.1) is 5.56 Å². The number of carbonyl (C=O) groups is 1. The first-order valence-corrected chi connectivity index (χ1v) is 5.45. The van der Waals surface area contributed by atoms with E-state index >= 15 is 0 Å². The zero-order chi connectivity index (χ0) is 14.9. The molecule has 0 spiro atoms. The quantitative estimate of drug-likeness (QED) is 0.862. The van der Waals surface area contributed by atoms with Gasteiger partial charge in [0.1, 0.15) is 17.8 Å². The molecule has 0 aliphatic rings. The van der Waals surface area contributed by atoms with Crippen molar-refractivity contribution in [3.63, 3.8) is 0 Å². The molecule has 1 amide bonds. The monoisotopic (exact) mass is 287 g/mol. The lowest BCUT2D eigenvalue weighted by Gasteiger charge is -2.09. The summed E-state index contributed by atoms with van der Waals surface area (Å²) < 4.78 is 52.2. The first-order valence-electron chi connectivity index (χ1n) is 5.45. The normalized spacial score (nSPS) is 11.4. The average Bonchev–Trinajstić information content (AvgIpc) is 2.85. The number of nitrogens with zero attached hydrogens (tertiary/aromatic N) is 2. The van der Waals surface area contributed by atoms with E-state index in [9.17, 15) is 22.4 Å². The third-order valence-corrected chi connectivity index (χ3v) is 2.55. The second-order valence-electron chi connectivity index (χ2n) is 3.94. The second kappa shape index (κ2) is 4.95. The van der Waals surface area contributed by atoms with E-state index in [1.165, 1.54) is 13.2 Å². The Morgan fingerprint density at radius 1 is 1.30 bits per heavy atom. The summed E-state index contributed by atoms with van der Waals surface area (Å²) in [6, 6.07) is 2.10. The Bertz CT molecular complexity index is 648. The van der Waals surface area contributed by atoms with Gasteiger partial charge in [-0.2, -0.15) is 13.2 Å². The maximum absolute atomic E-state index is 13.3. The van der Waals surface area contributed by atoms with Crippen LogP contribution in [0.3, 0.4) is 0 Å². The van der Waals surface area contributed by atoms with Gasteiger partial charge >= 0.3 is 6.18 Å². The summed E-state index contributed by atoms with van der Waals surface area (Å²) in [5.74, 6) is -1.51. The lowest BCUT2D eigenvalue weighted by molar-refractivity contribution is -0.137. The molecule has 1 heterocycles. The number of nitrogens with one attached hydrogen (secondary N) is 1. The standard InChI is InChI=1S/C12H9F4N3O/c1-17-11(20)10-5-19(6-18-10)9-3-7(12(14,15)16)2-8(13)4-9/h2-6H,1H3,(H,17,20). The largest absolute Gasteiger partial charge is 0.416 e. The summed E-state index contributed by atoms with van der Waals surface area (Å²) in [4.78, 5) is 15.0. The minimum Gasteiger partial charge on any atom is -0.354 e. The number of hydrogen-bond acceptors (Lipinski definition) is 2. The molecule has 0 fully saturated rings. The molecule has 0 bridgehead atoms. The van der Waals surface area contributed by atoms with Crippen LogP contribution in [-0.2, 0) is 6.18 Å². The summed E-state index contributed by atoms with van der Waals surface area (Å²) >= 11 is 0. The van der Waals surface area contributed by atoms with Crippen molar-refractivity contribution in [2.45, 2.75) is 6.18 Å². The summed E-state index contributed by atoms with van der Waals surface area (Å²) in [6.07, 6.45) is -2.30. The van der Waals surface area contributed by atoms with E-state index in [0.29, 0.717) is 6.07 Å². The van der Waals surface area contributed by atoms with Crippen molar-refractivity contribution in [1.82, 2.24) is 14.9 Å². The first-order chi connectivity index (χ1) is 9.31. The van der Waals surface area contributed by atoms with E-state index in [1.54, 1.807) is 0 Å². The van der Waals surface area contributed by atoms with Crippen molar-refractivity contribution >= 4 is 5.91 Å². The van der Waals surface area contributed by atoms with Crippen molar-refractivity contribution in [3.05, 3.63) is 47.8 Å². The average molecular weight is 287 g/mol. The molecule has 0 unspecified atom stereocenters. The molecule has 0 radical (unpaired) electrons. The predicted molar refractivity (Wildman–Crippen MR) is 61.9 cm³/mol. The Hall–Kier alpha value is -2.38. The van der Waals surface area contributed by atoms with Crippen LogP contribution in [0.25, 0.3) is 5.69 Å². The van der Waals surface area contributed by atoms with E-state index in [-0.39, 0.29) is 11.4 Å². The molecule has 0 aliphatic carbocycles. The molecule has 1 aromatic carbocycles. The maximum Gasteiger partial charge on any atom is 0.416 e. The molecule has 106 valence electrons. The smallest absolute Gasteiger partial charge is 0.354 e. The van der Waals surface area contributed by atoms with E-state index in [4.69, 9.17) is 0 Å². The molecular weight excluding hydrogens is 278 g/mol. The topological polar surface area (TPSA) is 46.9 Å². The van der Waals surface area contributed by atoms with Gasteiger partial charge < -0.3 is 9.88 Å². The minimum atomic E-state index is -4.65. The van der Waals surface area contributed by atoms with Gasteiger partial charge in [-0.15, -0.1) is 0 Å². The number of alkyl halides is 3. The number of benzene rings is 1. The number of rotatable bonds is 2. The fourth-order valence-electron chi connectivity index (χ4n) is 1.60. The molecule has 0 aliphatic heterocycles. The molecule has 0 saturated heterocycles. The van der Waals surface area contributed by atoms with Gasteiger partial charge in [-0.05, 0) is 18.2 Å². The molecule has 0 atom stereocenters. The van der Waals surface area contributed by atoms with Crippen LogP contribution in [0.2, 0.25) is 0 Å². The molecular formula is C12H9F4N3O. The van der Waals surface area contributed by atoms with Gasteiger partial charge in [0.25, 0.3) is 5.91 Å². The lowest BCUT2D eigenvalue weighted by atomic mass is 10.2. The lowest BCUT2D eigenvalue weighted by Crippen LogP contribution is -2.18. The van der Waals surface area contributed by atoms with Crippen molar-refractivity contribution in [1.29, 1.82) is 0 Å². The predicted octanol–water partition coefficient (Wildman–Crippen LogP) is 2.39. The molecule has 20 heavy (non-hydrogen) atoms. The van der Waals surface area contributed by atoms with Crippen LogP contribution in [0, 0.1) is 5.82 Å². The summed E-state index contributed by atoms with van der Waals surface area (Å²) in [7, 11) is 1.39. The second-order valence-corrected chi connectivity index (χ2v) is 3.94. The zero-order valence-corrected chi connectivity index (χ0v) is 10.2. The third kappa shape index (κ3) is 2.79. The van der Waals surface area contributed by atoms with Gasteiger partial charge in [-0.3, -0.25) is 4.79 Å². The highest BCUT2D eigenvalue weighted by Gasteiger charge is 2.31. The van der Waals surface area contributed by atoms with Crippen LogP contribution in [0.15, 0.2) is 30.7 Å². The molecule has 2 aromatic rings. The number of imidazole rings is 1. The van der Waals surface area contributed by atoms with Crippen LogP contribution < -0.4 is 5.32 Å². The van der Waals surface area contributed by atoms with Crippen molar-refractivity contribution in [2.75, 3.05) is 7.05 Å². The molecule has 2 rings (SSSR count). The number of aromatic nitrogens is 2. The Balaban J connectivity index is 2.45. The minimum absolute atomic E-state index is 0.0188. The fourth-order valence-corrected chi connectivity index (χ4v) is 1.60. The molecule has 1 aromatic heterocycles. The van der Waals surface area contributed by atoms with Gasteiger partial charge in [-0.25, -0.2) is 9.37 Å². The van der Waals surface area contributed by atoms with Crippen molar-refractivity contribution < 1.29 is 22.4 Å². The van der Waals surface area contributed by atoms with Gasteiger partial charge in [0.15, 0.2) is 0 Å². The highest BCUT2D eigenvalue weighted by molar-refractivity contribution is 5.91. The van der Waals surface area contributed by atoms with Crippen molar-refractivity contribution in [3.8, 4) is 5.69 Å². The number of hydrogen-bond donors (Lipinski definition) is 1. The van der Waals surface area contributed by atoms with E-state index < -0.39 is 23.5 Å². The van der Waals surface area contributed by atoms with Crippen LogP contribution in [0.5, 0.6) is 0 Å². The van der Waals surface area contributed by atoms with Crippen LogP contribution in [0.4, 0.5) is 17.6 Å². The van der Waals surface area contributed by atoms with Crippen molar-refractivity contribution in [2.24, 2.45) is 0 Å². The fraction of sp³-hybridized carbons (Fsp3) is 0.167. The van der Waals surface area contributed by atoms with Crippen LogP contribution in [-0.4, -0.2) is 22.5 Å². The number of halogens is 4. The highest BCUT2D eigenvalue weighted by Crippen LogP contribution is 2.31. The summed E-state index contributed by atoms with van der Waals surface area (Å²) in [5, 5.41) is 2.32. The third-order valence-electron chi connectivity index (χ3n) is 2.55. The maximum atomic E-state index is 13.3. The SMILES string of the molecule is CNC(=O)c1cn(-c2cc(F)cc(C(F)(F)F)c2)cn1. The first kappa shape index (κ1) is 14.0. The van der Waals surface area contributed by atoms with Gasteiger partial charge in [0.2, 0.25) is 0 Å². The van der Waals surface area contributed by atoms with Crippen LogP contribution >= 0.6 is 0 Å². The molecule has 1 N–H and O–H groups in total. The van der Waals surface area contributed by atoms with Gasteiger partial charge in [-0.1, -0.05) is 0 Å². The molecule has 0 saturated carbocycles. The van der Waals surface area contributed by atoms with Crippen LogP contribution in [0.1, 0.15) is 16.1 Å². The molecule has 8 heteroatoms.